The summed E-state index contributed by atoms with van der Waals surface area (Å²) in [6.07, 6.45) is -0.0661. The van der Waals surface area contributed by atoms with Crippen LogP contribution in [0, 0.1) is 0 Å². The Balaban J connectivity index is 0.000000263. The van der Waals surface area contributed by atoms with Gasteiger partial charge in [-0.3, -0.25) is 44.3 Å². The number of nitrogens with two attached hydrogens (primary N) is 1. The van der Waals surface area contributed by atoms with Gasteiger partial charge in [-0.25, -0.2) is 9.59 Å². The summed E-state index contributed by atoms with van der Waals surface area (Å²) in [6, 6.07) is 6.82. The number of fused-ring (bicyclic) bond motifs is 1. The van der Waals surface area contributed by atoms with E-state index in [2.05, 4.69) is 10.6 Å². The number of carboxylic acid groups (broad SMARTS) is 2. The minimum Gasteiger partial charge on any atom is -0.488 e. The summed E-state index contributed by atoms with van der Waals surface area (Å²) >= 11 is 0. The number of carboxylic acids is 2. The zero-order valence-electron chi connectivity index (χ0n) is 32.5. The Morgan fingerprint density at radius 3 is 1.60 bits per heavy atom. The van der Waals surface area contributed by atoms with E-state index in [0.29, 0.717) is 45.0 Å². The molecule has 0 bridgehead atoms. The van der Waals surface area contributed by atoms with Gasteiger partial charge in [0, 0.05) is 39.3 Å². The predicted molar refractivity (Wildman–Crippen MR) is 199 cm³/mol. The van der Waals surface area contributed by atoms with Crippen LogP contribution in [0.2, 0.25) is 0 Å². The van der Waals surface area contributed by atoms with Gasteiger partial charge in [-0.15, -0.1) is 0 Å². The lowest BCUT2D eigenvalue weighted by Gasteiger charge is -2.27. The molecule has 2 aromatic carbocycles. The summed E-state index contributed by atoms with van der Waals surface area (Å²) in [7, 11) is 0. The number of nitrogens with one attached hydrogen (secondary N) is 2. The van der Waals surface area contributed by atoms with Crippen molar-refractivity contribution in [2.45, 2.75) is 78.0 Å². The third-order valence-electron chi connectivity index (χ3n) is 8.33. The number of hydrogen-bond donors (Lipinski definition) is 5. The molecule has 20 heteroatoms. The molecule has 3 heterocycles. The van der Waals surface area contributed by atoms with Gasteiger partial charge >= 0.3 is 11.9 Å². The molecule has 316 valence electrons. The lowest BCUT2D eigenvalue weighted by Crippen LogP contribution is -2.54. The fourth-order valence-corrected chi connectivity index (χ4v) is 5.59. The molecule has 3 aliphatic rings. The Morgan fingerprint density at radius 1 is 0.672 bits per heavy atom. The minimum absolute atomic E-state index is 0.0765. The number of ether oxygens (including phenoxy) is 6. The normalized spacial score (nSPS) is 17.5. The van der Waals surface area contributed by atoms with E-state index >= 15 is 0 Å². The van der Waals surface area contributed by atoms with Gasteiger partial charge < -0.3 is 44.4 Å². The highest BCUT2D eigenvalue weighted by Gasteiger charge is 2.44. The van der Waals surface area contributed by atoms with Gasteiger partial charge in [-0.05, 0) is 76.9 Å². The molecule has 0 aromatic heterocycles. The highest BCUT2D eigenvalue weighted by atomic mass is 16.7. The summed E-state index contributed by atoms with van der Waals surface area (Å²) in [6.45, 7) is 9.35. The van der Waals surface area contributed by atoms with Crippen LogP contribution in [0.4, 0.5) is 0 Å². The highest BCUT2D eigenvalue weighted by Crippen LogP contribution is 2.30. The van der Waals surface area contributed by atoms with Crippen molar-refractivity contribution in [2.75, 3.05) is 39.6 Å². The van der Waals surface area contributed by atoms with Gasteiger partial charge in [-0.1, -0.05) is 0 Å². The third kappa shape index (κ3) is 13.1. The smallest absolute Gasteiger partial charge is 0.336 e. The van der Waals surface area contributed by atoms with E-state index in [4.69, 9.17) is 44.4 Å². The van der Waals surface area contributed by atoms with E-state index in [1.807, 2.05) is 27.7 Å². The van der Waals surface area contributed by atoms with Crippen molar-refractivity contribution in [1.82, 2.24) is 15.5 Å². The first-order valence-corrected chi connectivity index (χ1v) is 18.4. The fraction of sp³-hybridized carbons (Fsp3) is 0.474. The van der Waals surface area contributed by atoms with Gasteiger partial charge in [-0.2, -0.15) is 0 Å². The lowest BCUT2D eigenvalue weighted by molar-refractivity contribution is -0.152. The number of imide groups is 3. The average Bonchev–Trinajstić information content (AvgIpc) is 3.43. The standard InChI is InChI=1S/C19H22N2O7.C14H18O7.C5H8N2O2/c1-3-26-16(27-4-2)10-28-11-5-6-12-13(9-11)19(25)21(18(12)24)14-7-8-15(22)20-17(14)23;1-3-19-12(20-4-2)8-21-9-5-6-10(13(15)16)11(7-9)14(17)18;6-3-1-2-4(8)7-5(3)9/h5-6,9,14,16H,3-4,7-8,10H2,1-2H3,(H,20,22,23);5-7,12H,3-4,8H2,1-2H3,(H,15,16)(H,17,18);3H,1-2,6H2,(H,7,8,9). The Bertz CT molecular complexity index is 1820. The molecule has 58 heavy (non-hydrogen) atoms. The quantitative estimate of drug-likeness (QED) is 0.112. The van der Waals surface area contributed by atoms with E-state index in [9.17, 15) is 38.4 Å². The third-order valence-corrected chi connectivity index (χ3v) is 8.33. The van der Waals surface area contributed by atoms with E-state index in [0.717, 1.165) is 4.90 Å². The predicted octanol–water partition coefficient (Wildman–Crippen LogP) is 1.48. The number of hydrogen-bond acceptors (Lipinski definition) is 15. The van der Waals surface area contributed by atoms with Crippen LogP contribution in [0.5, 0.6) is 11.5 Å². The summed E-state index contributed by atoms with van der Waals surface area (Å²) in [4.78, 5) is 92.7. The second-order valence-corrected chi connectivity index (χ2v) is 12.3. The molecule has 20 nitrogen and oxygen atoms in total. The van der Waals surface area contributed by atoms with Gasteiger partial charge in [0.05, 0.1) is 28.3 Å². The summed E-state index contributed by atoms with van der Waals surface area (Å²) in [5.74, 6) is -4.77. The number of benzene rings is 2. The molecule has 6 amide bonds. The largest absolute Gasteiger partial charge is 0.488 e. The van der Waals surface area contributed by atoms with Crippen molar-refractivity contribution in [2.24, 2.45) is 5.73 Å². The van der Waals surface area contributed by atoms with Gasteiger partial charge in [0.1, 0.15) is 30.8 Å². The van der Waals surface area contributed by atoms with E-state index in [1.165, 1.54) is 30.3 Å². The van der Waals surface area contributed by atoms with E-state index < -0.39 is 60.2 Å². The molecular weight excluding hydrogens is 768 g/mol. The Labute approximate surface area is 333 Å². The number of aromatic carboxylic acids is 2. The Hall–Kier alpha value is -5.80. The first kappa shape index (κ1) is 46.6. The van der Waals surface area contributed by atoms with Crippen LogP contribution in [0.1, 0.15) is 94.8 Å². The number of nitrogens with zero attached hydrogens (tertiary/aromatic N) is 1. The monoisotopic (exact) mass is 816 g/mol. The first-order valence-electron chi connectivity index (χ1n) is 18.4. The van der Waals surface area contributed by atoms with Crippen molar-refractivity contribution in [3.8, 4) is 11.5 Å². The fourth-order valence-electron chi connectivity index (χ4n) is 5.59. The molecule has 0 aliphatic carbocycles. The molecule has 2 unspecified atom stereocenters. The molecule has 6 N–H and O–H groups in total. The molecule has 2 fully saturated rings. The van der Waals surface area contributed by atoms with Crippen molar-refractivity contribution >= 4 is 47.4 Å². The maximum atomic E-state index is 12.8. The van der Waals surface area contributed by atoms with Crippen molar-refractivity contribution in [3.63, 3.8) is 0 Å². The van der Waals surface area contributed by atoms with Crippen LogP contribution >= 0.6 is 0 Å². The highest BCUT2D eigenvalue weighted by molar-refractivity contribution is 6.23. The topological polar surface area (TPSA) is 286 Å². The maximum absolute atomic E-state index is 12.8. The number of carbonyl (C=O) groups is 8. The van der Waals surface area contributed by atoms with Crippen LogP contribution < -0.4 is 25.8 Å². The van der Waals surface area contributed by atoms with E-state index in [1.54, 1.807) is 6.07 Å². The molecule has 2 atom stereocenters. The first-order chi connectivity index (χ1) is 27.6. The molecule has 3 aliphatic heterocycles. The molecule has 0 saturated carbocycles. The molecule has 0 spiro atoms. The maximum Gasteiger partial charge on any atom is 0.336 e. The van der Waals surface area contributed by atoms with Crippen LogP contribution in [-0.4, -0.2) is 127 Å². The average molecular weight is 817 g/mol. The molecule has 0 radical (unpaired) electrons. The number of rotatable bonds is 17. The second kappa shape index (κ2) is 22.8. The zero-order chi connectivity index (χ0) is 42.9. The minimum atomic E-state index is -1.33. The summed E-state index contributed by atoms with van der Waals surface area (Å²) in [5.41, 5.74) is 5.02. The Morgan fingerprint density at radius 2 is 1.14 bits per heavy atom. The van der Waals surface area contributed by atoms with Crippen LogP contribution in [0.25, 0.3) is 0 Å². The second-order valence-electron chi connectivity index (χ2n) is 12.3. The van der Waals surface area contributed by atoms with E-state index in [-0.39, 0.29) is 65.9 Å². The Kier molecular flexibility index (Phi) is 18.3. The van der Waals surface area contributed by atoms with Crippen LogP contribution in [0.3, 0.4) is 0 Å². The number of amides is 6. The molecular formula is C38H48N4O16. The van der Waals surface area contributed by atoms with Gasteiger partial charge in [0.15, 0.2) is 12.6 Å². The number of piperidine rings is 2. The van der Waals surface area contributed by atoms with Gasteiger partial charge in [0.25, 0.3) is 11.8 Å². The summed E-state index contributed by atoms with van der Waals surface area (Å²) in [5, 5.41) is 22.2. The number of carbonyl (C=O) groups excluding carboxylic acids is 6. The molecule has 2 aromatic rings. The molecule has 5 rings (SSSR count). The lowest BCUT2D eigenvalue weighted by atomic mass is 10.0. The van der Waals surface area contributed by atoms with Crippen molar-refractivity contribution in [3.05, 3.63) is 58.7 Å². The summed E-state index contributed by atoms with van der Waals surface area (Å²) < 4.78 is 32.4. The van der Waals surface area contributed by atoms with Crippen molar-refractivity contribution < 1.29 is 77.0 Å². The van der Waals surface area contributed by atoms with Crippen LogP contribution in [0.15, 0.2) is 36.4 Å². The van der Waals surface area contributed by atoms with Crippen molar-refractivity contribution in [1.29, 1.82) is 0 Å². The van der Waals surface area contributed by atoms with Gasteiger partial charge in [0.2, 0.25) is 23.6 Å². The molecule has 2 saturated heterocycles. The van der Waals surface area contributed by atoms with Crippen LogP contribution in [-0.2, 0) is 38.1 Å². The SMILES string of the molecule is CCOC(COc1ccc(C(=O)O)c(C(=O)O)c1)OCC.CCOC(COc1ccc2c(c1)C(=O)N(C1CCC(=O)NC1=O)C2=O)OCC.NC1CCC(=O)NC1=O. The zero-order valence-corrected chi connectivity index (χ0v) is 32.5.